The van der Waals surface area contributed by atoms with Gasteiger partial charge in [0.25, 0.3) is 0 Å². The lowest BCUT2D eigenvalue weighted by Gasteiger charge is -2.30. The van der Waals surface area contributed by atoms with Crippen LogP contribution < -0.4 is 9.80 Å². The second kappa shape index (κ2) is 15.5. The van der Waals surface area contributed by atoms with Gasteiger partial charge in [-0.1, -0.05) is 116 Å². The van der Waals surface area contributed by atoms with Crippen LogP contribution in [-0.2, 0) is 0 Å². The summed E-state index contributed by atoms with van der Waals surface area (Å²) in [7, 11) is 0. The predicted octanol–water partition coefficient (Wildman–Crippen LogP) is 17.7. The van der Waals surface area contributed by atoms with E-state index in [1.54, 1.807) is 0 Å². The minimum absolute atomic E-state index is 0.440. The Bertz CT molecular complexity index is 2730. The zero-order valence-corrected chi connectivity index (χ0v) is 37.1. The van der Waals surface area contributed by atoms with Crippen molar-refractivity contribution in [2.24, 2.45) is 0 Å². The van der Waals surface area contributed by atoms with Gasteiger partial charge in [0.2, 0.25) is 0 Å². The largest absolute Gasteiger partial charge is 0.310 e. The molecule has 0 spiro atoms. The quantitative estimate of drug-likeness (QED) is 0.136. The molecule has 0 saturated carbocycles. The molecule has 0 N–H and O–H groups in total. The molecule has 0 amide bonds. The molecule has 300 valence electrons. The third-order valence-electron chi connectivity index (χ3n) is 12.9. The van der Waals surface area contributed by atoms with E-state index in [1.807, 2.05) is 0 Å². The standard InChI is InChI=1S/C58H58N2/c1-35(2)41-13-11-15-49(25-41)59(57-33-43(37(5)6)19-17-39(57)9)51-23-21-45-29-53-54-30-46-22-24-52(28-48(46)32-56(54)55(53)31-47(45)27-51)60(50-16-12-14-42(26-50)36(3)4)58-34-44(38(7)8)20-18-40(58)10/h11-38H,1-10H3. The molecule has 8 aromatic carbocycles. The number of nitrogens with zero attached hydrogens (tertiary/aromatic N) is 2. The Labute approximate surface area is 358 Å². The molecule has 0 unspecified atom stereocenters. The summed E-state index contributed by atoms with van der Waals surface area (Å²) >= 11 is 0. The Morgan fingerprint density at radius 1 is 0.300 bits per heavy atom. The highest BCUT2D eigenvalue weighted by molar-refractivity contribution is 6.12. The summed E-state index contributed by atoms with van der Waals surface area (Å²) in [4.78, 5) is 4.94. The van der Waals surface area contributed by atoms with Gasteiger partial charge in [0, 0.05) is 34.1 Å². The van der Waals surface area contributed by atoms with E-state index in [4.69, 9.17) is 0 Å². The van der Waals surface area contributed by atoms with Crippen molar-refractivity contribution in [2.45, 2.75) is 92.9 Å². The molecule has 1 aliphatic rings. The first-order chi connectivity index (χ1) is 28.8. The van der Waals surface area contributed by atoms with Crippen molar-refractivity contribution in [1.82, 2.24) is 0 Å². The second-order valence-electron chi connectivity index (χ2n) is 18.4. The summed E-state index contributed by atoms with van der Waals surface area (Å²) in [5.74, 6) is 1.76. The number of fused-ring (bicyclic) bond motifs is 6. The van der Waals surface area contributed by atoms with E-state index in [9.17, 15) is 0 Å². The Morgan fingerprint density at radius 3 is 1.00 bits per heavy atom. The van der Waals surface area contributed by atoms with E-state index in [1.165, 1.54) is 111 Å². The van der Waals surface area contributed by atoms with Gasteiger partial charge in [0.1, 0.15) is 0 Å². The summed E-state index contributed by atoms with van der Waals surface area (Å²) in [6.45, 7) is 22.7. The average molecular weight is 783 g/mol. The van der Waals surface area contributed by atoms with Crippen LogP contribution in [0.25, 0.3) is 43.8 Å². The van der Waals surface area contributed by atoms with Crippen LogP contribution in [0.1, 0.15) is 112 Å². The first-order valence-electron chi connectivity index (χ1n) is 22.0. The molecular weight excluding hydrogens is 725 g/mol. The zero-order chi connectivity index (χ0) is 42.0. The van der Waals surface area contributed by atoms with Crippen LogP contribution >= 0.6 is 0 Å². The van der Waals surface area contributed by atoms with Gasteiger partial charge in [-0.25, -0.2) is 0 Å². The van der Waals surface area contributed by atoms with Gasteiger partial charge in [-0.3, -0.25) is 0 Å². The molecule has 2 nitrogen and oxygen atoms in total. The monoisotopic (exact) mass is 782 g/mol. The molecule has 0 aromatic heterocycles. The van der Waals surface area contributed by atoms with Gasteiger partial charge in [-0.2, -0.15) is 0 Å². The summed E-state index contributed by atoms with van der Waals surface area (Å²) in [5.41, 5.74) is 20.4. The summed E-state index contributed by atoms with van der Waals surface area (Å²) in [6, 6.07) is 55.8. The average Bonchev–Trinajstić information content (AvgIpc) is 3.24. The highest BCUT2D eigenvalue weighted by Gasteiger charge is 2.26. The predicted molar refractivity (Wildman–Crippen MR) is 261 cm³/mol. The number of rotatable bonds is 10. The van der Waals surface area contributed by atoms with Crippen molar-refractivity contribution in [1.29, 1.82) is 0 Å². The van der Waals surface area contributed by atoms with E-state index in [2.05, 4.69) is 225 Å². The van der Waals surface area contributed by atoms with Crippen molar-refractivity contribution in [3.05, 3.63) is 179 Å². The fourth-order valence-electron chi connectivity index (χ4n) is 9.03. The SMILES string of the molecule is Cc1ccc(C(C)C)cc1N(c1cccc(C(C)C)c1)c1ccc2cc3c(cc2c1)-c1cc2cc(N(c4cccc(C(C)C)c4)c4cc(C(C)C)ccc4C)ccc2cc1-3. The molecule has 0 bridgehead atoms. The lowest BCUT2D eigenvalue weighted by atomic mass is 9.78. The molecular formula is C58H58N2. The van der Waals surface area contributed by atoms with Crippen LogP contribution in [0.15, 0.2) is 146 Å². The molecule has 9 rings (SSSR count). The Hall–Kier alpha value is -6.12. The van der Waals surface area contributed by atoms with Crippen molar-refractivity contribution in [3.63, 3.8) is 0 Å². The second-order valence-corrected chi connectivity index (χ2v) is 18.4. The van der Waals surface area contributed by atoms with Crippen LogP contribution in [-0.4, -0.2) is 0 Å². The molecule has 0 atom stereocenters. The van der Waals surface area contributed by atoms with Gasteiger partial charge in [0.05, 0.1) is 0 Å². The molecule has 1 aliphatic carbocycles. The molecule has 0 heterocycles. The summed E-state index contributed by atoms with van der Waals surface area (Å²) in [5, 5.41) is 5.04. The van der Waals surface area contributed by atoms with Crippen LogP contribution in [0, 0.1) is 13.8 Å². The van der Waals surface area contributed by atoms with Crippen LogP contribution in [0.5, 0.6) is 0 Å². The zero-order valence-electron chi connectivity index (χ0n) is 37.1. The number of benzene rings is 8. The van der Waals surface area contributed by atoms with Crippen molar-refractivity contribution in [3.8, 4) is 22.3 Å². The highest BCUT2D eigenvalue weighted by Crippen LogP contribution is 2.52. The lowest BCUT2D eigenvalue weighted by molar-refractivity contribution is 0.864. The lowest BCUT2D eigenvalue weighted by Crippen LogP contribution is -2.12. The summed E-state index contributed by atoms with van der Waals surface area (Å²) in [6.07, 6.45) is 0. The number of hydrogen-bond donors (Lipinski definition) is 0. The Morgan fingerprint density at radius 2 is 0.633 bits per heavy atom. The van der Waals surface area contributed by atoms with Gasteiger partial charge in [0.15, 0.2) is 0 Å². The molecule has 0 aliphatic heterocycles. The minimum atomic E-state index is 0.440. The maximum absolute atomic E-state index is 2.47. The van der Waals surface area contributed by atoms with Crippen molar-refractivity contribution >= 4 is 55.7 Å². The van der Waals surface area contributed by atoms with E-state index < -0.39 is 0 Å². The third kappa shape index (κ3) is 7.06. The molecule has 60 heavy (non-hydrogen) atoms. The normalized spacial score (nSPS) is 12.1. The Balaban J connectivity index is 1.15. The van der Waals surface area contributed by atoms with E-state index in [-0.39, 0.29) is 0 Å². The van der Waals surface area contributed by atoms with Gasteiger partial charge < -0.3 is 9.80 Å². The van der Waals surface area contributed by atoms with Crippen LogP contribution in [0.4, 0.5) is 34.1 Å². The number of aryl methyl sites for hydroxylation is 2. The van der Waals surface area contributed by atoms with E-state index in [0.717, 1.165) is 0 Å². The van der Waals surface area contributed by atoms with Gasteiger partial charge in [-0.05, 0) is 200 Å². The smallest absolute Gasteiger partial charge is 0.0493 e. The Kier molecular flexibility index (Phi) is 10.2. The number of hydrogen-bond acceptors (Lipinski definition) is 2. The molecule has 0 radical (unpaired) electrons. The first-order valence-corrected chi connectivity index (χ1v) is 22.0. The minimum Gasteiger partial charge on any atom is -0.310 e. The fourth-order valence-corrected chi connectivity index (χ4v) is 9.03. The molecule has 0 fully saturated rings. The number of anilines is 6. The van der Waals surface area contributed by atoms with Crippen molar-refractivity contribution < 1.29 is 0 Å². The van der Waals surface area contributed by atoms with Crippen molar-refractivity contribution in [2.75, 3.05) is 9.80 Å². The topological polar surface area (TPSA) is 6.48 Å². The van der Waals surface area contributed by atoms with E-state index in [0.29, 0.717) is 23.7 Å². The third-order valence-corrected chi connectivity index (χ3v) is 12.9. The highest BCUT2D eigenvalue weighted by atomic mass is 15.1. The van der Waals surface area contributed by atoms with Gasteiger partial charge >= 0.3 is 0 Å². The molecule has 8 aromatic rings. The maximum Gasteiger partial charge on any atom is 0.0493 e. The fraction of sp³-hybridized carbons (Fsp3) is 0.241. The maximum atomic E-state index is 2.47. The molecule has 0 saturated heterocycles. The first kappa shape index (κ1) is 39.3. The molecule has 2 heteroatoms. The van der Waals surface area contributed by atoms with E-state index >= 15 is 0 Å². The summed E-state index contributed by atoms with van der Waals surface area (Å²) < 4.78 is 0. The van der Waals surface area contributed by atoms with Crippen LogP contribution in [0.2, 0.25) is 0 Å². The van der Waals surface area contributed by atoms with Gasteiger partial charge in [-0.15, -0.1) is 0 Å². The van der Waals surface area contributed by atoms with Crippen LogP contribution in [0.3, 0.4) is 0 Å².